The smallest absolute Gasteiger partial charge is 0.341 e. The number of carbonyl (C=O) groups is 1. The summed E-state index contributed by atoms with van der Waals surface area (Å²) >= 11 is 0. The van der Waals surface area contributed by atoms with E-state index in [-0.39, 0.29) is 42.8 Å². The van der Waals surface area contributed by atoms with Gasteiger partial charge in [0.05, 0.1) is 26.3 Å². The number of likely N-dealkylation sites (tertiary alicyclic amines) is 2. The molecule has 0 saturated carbocycles. The number of piperidine rings is 1. The Kier molecular flexibility index (Phi) is 8.98. The first-order valence-electron chi connectivity index (χ1n) is 14.0. The van der Waals surface area contributed by atoms with Gasteiger partial charge in [0, 0.05) is 25.7 Å². The highest BCUT2D eigenvalue weighted by Crippen LogP contribution is 2.36. The highest BCUT2D eigenvalue weighted by atomic mass is 32.2. The molecular formula is C30H32F3N3O5S2. The fourth-order valence-electron chi connectivity index (χ4n) is 5.69. The summed E-state index contributed by atoms with van der Waals surface area (Å²) in [6, 6.07) is 17.7. The van der Waals surface area contributed by atoms with Gasteiger partial charge >= 0.3 is 6.18 Å². The third-order valence-corrected chi connectivity index (χ3v) is 11.2. The van der Waals surface area contributed by atoms with Crippen molar-refractivity contribution in [3.8, 4) is 0 Å². The topological polar surface area (TPSA) is 104 Å². The van der Waals surface area contributed by atoms with Crippen LogP contribution >= 0.6 is 0 Å². The molecule has 230 valence electrons. The van der Waals surface area contributed by atoms with Crippen LogP contribution in [0, 0.1) is 0 Å². The number of halogens is 3. The van der Waals surface area contributed by atoms with Crippen LogP contribution in [0.5, 0.6) is 0 Å². The van der Waals surface area contributed by atoms with Crippen molar-refractivity contribution < 1.29 is 34.8 Å². The van der Waals surface area contributed by atoms with Crippen LogP contribution in [-0.4, -0.2) is 64.3 Å². The second kappa shape index (κ2) is 12.4. The van der Waals surface area contributed by atoms with Crippen LogP contribution in [0.2, 0.25) is 0 Å². The van der Waals surface area contributed by atoms with Crippen molar-refractivity contribution in [3.63, 3.8) is 0 Å². The van der Waals surface area contributed by atoms with Crippen molar-refractivity contribution in [2.45, 2.75) is 65.2 Å². The number of nitrogens with zero attached hydrogens (tertiary/aromatic N) is 2. The summed E-state index contributed by atoms with van der Waals surface area (Å²) in [5.41, 5.74) is -0.353. The van der Waals surface area contributed by atoms with Crippen LogP contribution in [0.1, 0.15) is 36.8 Å². The van der Waals surface area contributed by atoms with E-state index >= 15 is 0 Å². The van der Waals surface area contributed by atoms with E-state index < -0.39 is 47.4 Å². The molecule has 0 aliphatic carbocycles. The minimum atomic E-state index is -5.04. The van der Waals surface area contributed by atoms with Crippen LogP contribution in [0.4, 0.5) is 13.2 Å². The van der Waals surface area contributed by atoms with E-state index in [1.807, 2.05) is 30.3 Å². The summed E-state index contributed by atoms with van der Waals surface area (Å²) in [4.78, 5) is 15.3. The van der Waals surface area contributed by atoms with E-state index in [0.717, 1.165) is 31.0 Å². The summed E-state index contributed by atoms with van der Waals surface area (Å²) in [5.74, 6) is -0.0343. The number of carbonyl (C=O) groups excluding carboxylic acids is 1. The average molecular weight is 636 g/mol. The molecule has 0 spiro atoms. The number of amides is 1. The first-order chi connectivity index (χ1) is 20.4. The maximum atomic E-state index is 13.9. The Hall–Kier alpha value is -3.26. The number of hydrogen-bond donors (Lipinski definition) is 1. The van der Waals surface area contributed by atoms with Crippen LogP contribution in [-0.2, 0) is 37.4 Å². The zero-order valence-corrected chi connectivity index (χ0v) is 24.8. The molecule has 1 N–H and O–H groups in total. The predicted molar refractivity (Wildman–Crippen MR) is 153 cm³/mol. The minimum absolute atomic E-state index is 0.0343. The monoisotopic (exact) mass is 635 g/mol. The van der Waals surface area contributed by atoms with Crippen molar-refractivity contribution in [2.24, 2.45) is 0 Å². The van der Waals surface area contributed by atoms with Crippen LogP contribution < -0.4 is 4.72 Å². The second-order valence-electron chi connectivity index (χ2n) is 10.8. The molecule has 3 aromatic carbocycles. The van der Waals surface area contributed by atoms with Gasteiger partial charge in [0.25, 0.3) is 0 Å². The molecule has 5 rings (SSSR count). The van der Waals surface area contributed by atoms with E-state index in [1.165, 1.54) is 24.3 Å². The Morgan fingerprint density at radius 3 is 2.07 bits per heavy atom. The summed E-state index contributed by atoms with van der Waals surface area (Å²) in [7, 11) is -9.06. The maximum Gasteiger partial charge on any atom is 0.417 e. The Morgan fingerprint density at radius 2 is 1.44 bits per heavy atom. The molecule has 2 aliphatic heterocycles. The molecular weight excluding hydrogens is 603 g/mol. The Balaban J connectivity index is 1.29. The number of nitrogens with one attached hydrogen (secondary N) is 1. The molecule has 0 radical (unpaired) electrons. The number of benzene rings is 3. The van der Waals surface area contributed by atoms with Crippen molar-refractivity contribution >= 4 is 25.8 Å². The molecule has 2 fully saturated rings. The lowest BCUT2D eigenvalue weighted by Crippen LogP contribution is -2.51. The molecule has 13 heteroatoms. The van der Waals surface area contributed by atoms with Gasteiger partial charge in [0.2, 0.25) is 25.8 Å². The van der Waals surface area contributed by atoms with Gasteiger partial charge in [-0.2, -0.15) is 13.2 Å². The lowest BCUT2D eigenvalue weighted by Gasteiger charge is -2.35. The molecule has 1 atom stereocenters. The summed E-state index contributed by atoms with van der Waals surface area (Å²) in [6.45, 7) is 1.93. The van der Waals surface area contributed by atoms with Crippen LogP contribution in [0.15, 0.2) is 93.5 Å². The van der Waals surface area contributed by atoms with E-state index in [1.54, 1.807) is 11.0 Å². The van der Waals surface area contributed by atoms with Gasteiger partial charge in [-0.05, 0) is 68.1 Å². The van der Waals surface area contributed by atoms with Gasteiger partial charge in [-0.25, -0.2) is 21.6 Å². The molecule has 2 aliphatic rings. The zero-order valence-electron chi connectivity index (χ0n) is 23.2. The fourth-order valence-corrected chi connectivity index (χ4v) is 8.63. The number of alkyl halides is 3. The van der Waals surface area contributed by atoms with Crippen molar-refractivity contribution in [1.82, 2.24) is 14.5 Å². The molecule has 43 heavy (non-hydrogen) atoms. The van der Waals surface area contributed by atoms with E-state index in [0.29, 0.717) is 18.7 Å². The highest BCUT2D eigenvalue weighted by Gasteiger charge is 2.40. The largest absolute Gasteiger partial charge is 0.417 e. The fraction of sp³-hybridized carbons (Fsp3) is 0.367. The van der Waals surface area contributed by atoms with Gasteiger partial charge in [0.1, 0.15) is 0 Å². The van der Waals surface area contributed by atoms with Gasteiger partial charge in [-0.15, -0.1) is 0 Å². The number of hydrogen-bond acceptors (Lipinski definition) is 6. The maximum absolute atomic E-state index is 13.9. The average Bonchev–Trinajstić information content (AvgIpc) is 3.45. The number of sulfonamides is 1. The first-order valence-corrected chi connectivity index (χ1v) is 16.9. The normalized spacial score (nSPS) is 19.0. The first kappa shape index (κ1) is 31.2. The van der Waals surface area contributed by atoms with Crippen LogP contribution in [0.3, 0.4) is 0 Å². The van der Waals surface area contributed by atoms with E-state index in [2.05, 4.69) is 9.62 Å². The predicted octanol–water partition coefficient (Wildman–Crippen LogP) is 4.47. The molecule has 8 nitrogen and oxygen atoms in total. The van der Waals surface area contributed by atoms with E-state index in [9.17, 15) is 34.8 Å². The molecule has 2 saturated heterocycles. The molecule has 0 unspecified atom stereocenters. The quantitative estimate of drug-likeness (QED) is 0.392. The Labute approximate surface area is 249 Å². The minimum Gasteiger partial charge on any atom is -0.341 e. The van der Waals surface area contributed by atoms with Gasteiger partial charge < -0.3 is 4.90 Å². The SMILES string of the molecule is O=C([C@@H]1CCCN1Cc1ccccc1)N1CCC(NS(=O)(=O)c2cc(S(=O)(=O)c3ccccc3)ccc2C(F)(F)F)CC1. The number of sulfone groups is 1. The lowest BCUT2D eigenvalue weighted by molar-refractivity contribution is -0.140. The van der Waals surface area contributed by atoms with Crippen molar-refractivity contribution in [3.05, 3.63) is 90.0 Å². The summed E-state index contributed by atoms with van der Waals surface area (Å²) in [5, 5.41) is 0. The third-order valence-electron chi connectivity index (χ3n) is 7.92. The number of rotatable bonds is 8. The van der Waals surface area contributed by atoms with Crippen LogP contribution in [0.25, 0.3) is 0 Å². The van der Waals surface area contributed by atoms with E-state index in [4.69, 9.17) is 0 Å². The van der Waals surface area contributed by atoms with Crippen molar-refractivity contribution in [1.29, 1.82) is 0 Å². The lowest BCUT2D eigenvalue weighted by atomic mass is 10.0. The summed E-state index contributed by atoms with van der Waals surface area (Å²) < 4.78 is 96.8. The molecule has 1 amide bonds. The molecule has 0 aromatic heterocycles. The van der Waals surface area contributed by atoms with Crippen molar-refractivity contribution in [2.75, 3.05) is 19.6 Å². The Morgan fingerprint density at radius 1 is 0.814 bits per heavy atom. The third kappa shape index (κ3) is 6.95. The Bertz CT molecular complexity index is 1660. The molecule has 0 bridgehead atoms. The van der Waals surface area contributed by atoms with Gasteiger partial charge in [-0.1, -0.05) is 48.5 Å². The zero-order chi connectivity index (χ0) is 30.8. The molecule has 3 aromatic rings. The summed E-state index contributed by atoms with van der Waals surface area (Å²) in [6.07, 6.45) is -3.01. The molecule has 2 heterocycles. The van der Waals surface area contributed by atoms with Gasteiger partial charge in [-0.3, -0.25) is 9.69 Å². The highest BCUT2D eigenvalue weighted by molar-refractivity contribution is 7.91. The second-order valence-corrected chi connectivity index (χ2v) is 14.4. The standard InChI is InChI=1S/C30H32F3N3O5S2/c31-30(32,33)26-14-13-25(42(38,39)24-10-5-2-6-11-24)20-28(26)43(40,41)34-23-15-18-35(19-16-23)29(37)27-12-7-17-36(27)21-22-8-3-1-4-9-22/h1-6,8-11,13-14,20,23,27,34H,7,12,15-19,21H2/t27-/m0/s1. The van der Waals surface area contributed by atoms with Gasteiger partial charge in [0.15, 0.2) is 0 Å².